The lowest BCUT2D eigenvalue weighted by atomic mass is 10.0. The van der Waals surface area contributed by atoms with Gasteiger partial charge in [0, 0.05) is 32.2 Å². The van der Waals surface area contributed by atoms with Gasteiger partial charge in [0.05, 0.1) is 11.6 Å². The first-order valence-electron chi connectivity index (χ1n) is 8.95. The van der Waals surface area contributed by atoms with E-state index in [9.17, 15) is 22.8 Å². The number of rotatable bonds is 6. The molecule has 0 aliphatic heterocycles. The predicted molar refractivity (Wildman–Crippen MR) is 102 cm³/mol. The molecule has 2 N–H and O–H groups in total. The Morgan fingerprint density at radius 3 is 2.31 bits per heavy atom. The third-order valence-corrected chi connectivity index (χ3v) is 4.25. The molecule has 3 amide bonds. The maximum atomic E-state index is 12.6. The number of anilines is 1. The molecule has 1 unspecified atom stereocenters. The van der Waals surface area contributed by atoms with Crippen molar-refractivity contribution in [2.24, 2.45) is 5.92 Å². The molecule has 1 aromatic heterocycles. The van der Waals surface area contributed by atoms with Crippen LogP contribution in [-0.4, -0.2) is 40.5 Å². The van der Waals surface area contributed by atoms with Crippen molar-refractivity contribution in [3.8, 4) is 0 Å². The standard InChI is InChI=1S/C19H24F3N5O2/c1-12(2)16(17-23-9-10-27(17)11-15(28)26(3)4)25-18(29)24-14-7-5-13(6-8-14)19(20,21)22/h5-10,12,16H,11H2,1-4H3,(H2,24,25,29). The maximum Gasteiger partial charge on any atom is 0.416 e. The zero-order valence-electron chi connectivity index (χ0n) is 16.6. The summed E-state index contributed by atoms with van der Waals surface area (Å²) in [7, 11) is 3.29. The molecular formula is C19H24F3N5O2. The number of hydrogen-bond donors (Lipinski definition) is 2. The number of imidazole rings is 1. The van der Waals surface area contributed by atoms with E-state index in [4.69, 9.17) is 0 Å². The van der Waals surface area contributed by atoms with E-state index < -0.39 is 23.8 Å². The van der Waals surface area contributed by atoms with Crippen molar-refractivity contribution in [1.29, 1.82) is 0 Å². The number of urea groups is 1. The Labute approximate surface area is 166 Å². The minimum absolute atomic E-state index is 0.0519. The monoisotopic (exact) mass is 411 g/mol. The molecule has 0 aliphatic carbocycles. The quantitative estimate of drug-likeness (QED) is 0.764. The topological polar surface area (TPSA) is 79.3 Å². The largest absolute Gasteiger partial charge is 0.416 e. The van der Waals surface area contributed by atoms with Crippen molar-refractivity contribution in [2.75, 3.05) is 19.4 Å². The molecule has 10 heteroatoms. The fourth-order valence-electron chi connectivity index (χ4n) is 2.60. The molecule has 1 aromatic carbocycles. The predicted octanol–water partition coefficient (Wildman–Crippen LogP) is 3.51. The number of halogens is 3. The second kappa shape index (κ2) is 8.97. The zero-order chi connectivity index (χ0) is 21.8. The smallest absolute Gasteiger partial charge is 0.347 e. The van der Waals surface area contributed by atoms with E-state index in [-0.39, 0.29) is 24.1 Å². The summed E-state index contributed by atoms with van der Waals surface area (Å²) in [5, 5.41) is 5.29. The number of nitrogens with one attached hydrogen (secondary N) is 2. The van der Waals surface area contributed by atoms with Crippen LogP contribution in [0.5, 0.6) is 0 Å². The van der Waals surface area contributed by atoms with Gasteiger partial charge in [0.1, 0.15) is 12.4 Å². The van der Waals surface area contributed by atoms with Gasteiger partial charge in [-0.2, -0.15) is 13.2 Å². The molecule has 1 heterocycles. The van der Waals surface area contributed by atoms with Crippen molar-refractivity contribution < 1.29 is 22.8 Å². The van der Waals surface area contributed by atoms with E-state index in [1.165, 1.54) is 17.0 Å². The Morgan fingerprint density at radius 1 is 1.17 bits per heavy atom. The Balaban J connectivity index is 2.10. The third-order valence-electron chi connectivity index (χ3n) is 4.25. The van der Waals surface area contributed by atoms with Gasteiger partial charge in [-0.25, -0.2) is 9.78 Å². The van der Waals surface area contributed by atoms with E-state index in [1.807, 2.05) is 13.8 Å². The summed E-state index contributed by atoms with van der Waals surface area (Å²) in [6, 6.07) is 3.07. The van der Waals surface area contributed by atoms with Crippen LogP contribution in [0.15, 0.2) is 36.7 Å². The van der Waals surface area contributed by atoms with E-state index in [1.54, 1.807) is 31.1 Å². The van der Waals surface area contributed by atoms with Gasteiger partial charge < -0.3 is 20.1 Å². The maximum absolute atomic E-state index is 12.6. The molecule has 2 aromatic rings. The van der Waals surface area contributed by atoms with Crippen molar-refractivity contribution in [3.05, 3.63) is 48.0 Å². The van der Waals surface area contributed by atoms with Gasteiger partial charge >= 0.3 is 12.2 Å². The van der Waals surface area contributed by atoms with E-state index in [0.29, 0.717) is 5.82 Å². The Hall–Kier alpha value is -3.04. The fraction of sp³-hybridized carbons (Fsp3) is 0.421. The molecule has 0 saturated heterocycles. The minimum Gasteiger partial charge on any atom is -0.347 e. The van der Waals surface area contributed by atoms with Crippen molar-refractivity contribution in [1.82, 2.24) is 19.8 Å². The first kappa shape index (κ1) is 22.3. The molecule has 7 nitrogen and oxygen atoms in total. The van der Waals surface area contributed by atoms with Gasteiger partial charge in [-0.3, -0.25) is 4.79 Å². The van der Waals surface area contributed by atoms with Gasteiger partial charge in [0.2, 0.25) is 5.91 Å². The molecule has 0 fully saturated rings. The van der Waals surface area contributed by atoms with Crippen LogP contribution in [0.4, 0.5) is 23.7 Å². The van der Waals surface area contributed by atoms with Crippen LogP contribution >= 0.6 is 0 Å². The highest BCUT2D eigenvalue weighted by molar-refractivity contribution is 5.89. The molecule has 0 radical (unpaired) electrons. The van der Waals surface area contributed by atoms with Crippen LogP contribution in [-0.2, 0) is 17.5 Å². The molecule has 29 heavy (non-hydrogen) atoms. The van der Waals surface area contributed by atoms with Gasteiger partial charge in [0.25, 0.3) is 0 Å². The summed E-state index contributed by atoms with van der Waals surface area (Å²) >= 11 is 0. The number of nitrogens with zero attached hydrogens (tertiary/aromatic N) is 3. The molecule has 0 bridgehead atoms. The second-order valence-corrected chi connectivity index (χ2v) is 7.10. The average molecular weight is 411 g/mol. The molecule has 2 rings (SSSR count). The van der Waals surface area contributed by atoms with Crippen LogP contribution in [0.2, 0.25) is 0 Å². The Kier molecular flexibility index (Phi) is 6.89. The molecule has 0 saturated carbocycles. The number of hydrogen-bond acceptors (Lipinski definition) is 3. The molecule has 0 spiro atoms. The number of aromatic nitrogens is 2. The molecule has 0 aliphatic rings. The van der Waals surface area contributed by atoms with E-state index >= 15 is 0 Å². The van der Waals surface area contributed by atoms with Gasteiger partial charge in [-0.1, -0.05) is 13.8 Å². The number of alkyl halides is 3. The lowest BCUT2D eigenvalue weighted by molar-refractivity contribution is -0.137. The highest BCUT2D eigenvalue weighted by Crippen LogP contribution is 2.30. The lowest BCUT2D eigenvalue weighted by Crippen LogP contribution is -2.37. The number of carbonyl (C=O) groups excluding carboxylic acids is 2. The Bertz CT molecular complexity index is 844. The van der Waals surface area contributed by atoms with Crippen molar-refractivity contribution in [3.63, 3.8) is 0 Å². The number of amides is 3. The summed E-state index contributed by atoms with van der Waals surface area (Å²) < 4.78 is 39.6. The second-order valence-electron chi connectivity index (χ2n) is 7.10. The zero-order valence-corrected chi connectivity index (χ0v) is 16.6. The Morgan fingerprint density at radius 2 is 1.79 bits per heavy atom. The van der Waals surface area contributed by atoms with Gasteiger partial charge in [-0.05, 0) is 30.2 Å². The normalized spacial score (nSPS) is 12.6. The summed E-state index contributed by atoms with van der Waals surface area (Å²) in [5.41, 5.74) is -0.569. The van der Waals surface area contributed by atoms with Crippen molar-refractivity contribution >= 4 is 17.6 Å². The highest BCUT2D eigenvalue weighted by atomic mass is 19.4. The van der Waals surface area contributed by atoms with Crippen LogP contribution in [0.3, 0.4) is 0 Å². The third kappa shape index (κ3) is 5.97. The van der Waals surface area contributed by atoms with Crippen LogP contribution in [0.1, 0.15) is 31.3 Å². The summed E-state index contributed by atoms with van der Waals surface area (Å²) in [5.74, 6) is 0.336. The molecule has 158 valence electrons. The van der Waals surface area contributed by atoms with E-state index in [2.05, 4.69) is 15.6 Å². The summed E-state index contributed by atoms with van der Waals surface area (Å²) in [6.07, 6.45) is -1.24. The fourth-order valence-corrected chi connectivity index (χ4v) is 2.60. The van der Waals surface area contributed by atoms with Crippen molar-refractivity contribution in [2.45, 2.75) is 32.6 Å². The van der Waals surface area contributed by atoms with Gasteiger partial charge in [-0.15, -0.1) is 0 Å². The molecular weight excluding hydrogens is 387 g/mol. The van der Waals surface area contributed by atoms with Crippen LogP contribution in [0, 0.1) is 5.92 Å². The minimum atomic E-state index is -4.44. The number of benzene rings is 1. The van der Waals surface area contributed by atoms with Crippen LogP contribution in [0.25, 0.3) is 0 Å². The average Bonchev–Trinajstić information content (AvgIpc) is 3.06. The van der Waals surface area contributed by atoms with Gasteiger partial charge in [0.15, 0.2) is 0 Å². The van der Waals surface area contributed by atoms with E-state index in [0.717, 1.165) is 12.1 Å². The lowest BCUT2D eigenvalue weighted by Gasteiger charge is -2.23. The number of likely N-dealkylation sites (N-methyl/N-ethyl adjacent to an activating group) is 1. The summed E-state index contributed by atoms with van der Waals surface area (Å²) in [6.45, 7) is 3.85. The number of carbonyl (C=O) groups is 2. The molecule has 1 atom stereocenters. The first-order valence-corrected chi connectivity index (χ1v) is 8.95. The van der Waals surface area contributed by atoms with Crippen LogP contribution < -0.4 is 10.6 Å². The SMILES string of the molecule is CC(C)C(NC(=O)Nc1ccc(C(F)(F)F)cc1)c1nccn1CC(=O)N(C)C. The first-order chi connectivity index (χ1) is 13.5. The highest BCUT2D eigenvalue weighted by Gasteiger charge is 2.30. The summed E-state index contributed by atoms with van der Waals surface area (Å²) in [4.78, 5) is 30.1.